The average molecular weight is 268 g/mol. The lowest BCUT2D eigenvalue weighted by atomic mass is 10.1. The molecule has 0 aromatic carbocycles. The van der Waals surface area contributed by atoms with Crippen LogP contribution in [0.25, 0.3) is 0 Å². The summed E-state index contributed by atoms with van der Waals surface area (Å²) in [6.07, 6.45) is 1.29. The lowest BCUT2D eigenvalue weighted by Gasteiger charge is -2.19. The molecule has 0 aliphatic carbocycles. The van der Waals surface area contributed by atoms with Gasteiger partial charge in [0.05, 0.1) is 23.9 Å². The summed E-state index contributed by atoms with van der Waals surface area (Å²) in [5, 5.41) is 5.52. The van der Waals surface area contributed by atoms with Crippen LogP contribution in [0.4, 0.5) is 4.79 Å². The molecular formula is C11H16N4O4. The molecule has 0 bridgehead atoms. The van der Waals surface area contributed by atoms with Crippen molar-refractivity contribution >= 4 is 24.3 Å². The second kappa shape index (κ2) is 6.00. The number of carbonyl (C=O) groups excluding carboxylic acids is 3. The number of ether oxygens (including phenoxy) is 1. The van der Waals surface area contributed by atoms with Gasteiger partial charge in [-0.1, -0.05) is 0 Å². The fourth-order valence-corrected chi connectivity index (χ4v) is 2.10. The van der Waals surface area contributed by atoms with E-state index < -0.39 is 18.3 Å². The van der Waals surface area contributed by atoms with Crippen molar-refractivity contribution in [1.29, 1.82) is 0 Å². The minimum absolute atomic E-state index is 0.171. The van der Waals surface area contributed by atoms with Crippen LogP contribution in [0, 0.1) is 0 Å². The number of carbonyl (C=O) groups is 3. The van der Waals surface area contributed by atoms with Crippen LogP contribution in [0.3, 0.4) is 0 Å². The molecule has 0 aromatic heterocycles. The summed E-state index contributed by atoms with van der Waals surface area (Å²) in [5.74, 6) is 0. The third kappa shape index (κ3) is 3.43. The predicted octanol–water partition coefficient (Wildman–Crippen LogP) is -1.66. The molecule has 2 aliphatic rings. The highest BCUT2D eigenvalue weighted by molar-refractivity contribution is 6.04. The molecule has 19 heavy (non-hydrogen) atoms. The molecule has 2 rings (SSSR count). The Balaban J connectivity index is 1.92. The maximum atomic E-state index is 11.2. The van der Waals surface area contributed by atoms with Crippen LogP contribution in [0.5, 0.6) is 0 Å². The van der Waals surface area contributed by atoms with Crippen LogP contribution in [0.15, 0.2) is 4.99 Å². The van der Waals surface area contributed by atoms with Crippen molar-refractivity contribution in [2.24, 2.45) is 10.7 Å². The maximum absolute atomic E-state index is 11.2. The number of rotatable bonds is 6. The number of hydrogen-bond donors (Lipinski definition) is 3. The monoisotopic (exact) mass is 268 g/mol. The van der Waals surface area contributed by atoms with E-state index in [9.17, 15) is 14.4 Å². The molecule has 1 fully saturated rings. The number of hydrogen-bond acceptors (Lipinski definition) is 6. The number of nitrogens with one attached hydrogen (secondary N) is 2. The van der Waals surface area contributed by atoms with Crippen molar-refractivity contribution in [3.63, 3.8) is 0 Å². The van der Waals surface area contributed by atoms with Gasteiger partial charge in [-0.3, -0.25) is 0 Å². The van der Waals surface area contributed by atoms with Gasteiger partial charge in [0.1, 0.15) is 12.6 Å². The molecule has 2 heterocycles. The Morgan fingerprint density at radius 2 is 2.32 bits per heavy atom. The van der Waals surface area contributed by atoms with Gasteiger partial charge in [-0.2, -0.15) is 4.99 Å². The maximum Gasteiger partial charge on any atom is 0.343 e. The molecule has 0 aromatic rings. The van der Waals surface area contributed by atoms with Crippen molar-refractivity contribution in [3.8, 4) is 0 Å². The number of amides is 2. The number of aliphatic imine (C=N–C) groups is 1. The first-order valence-corrected chi connectivity index (χ1v) is 6.05. The summed E-state index contributed by atoms with van der Waals surface area (Å²) in [6.45, 7) is 0.531. The minimum atomic E-state index is -0.707. The zero-order valence-electron chi connectivity index (χ0n) is 10.2. The van der Waals surface area contributed by atoms with Gasteiger partial charge in [-0.25, -0.2) is 4.79 Å². The van der Waals surface area contributed by atoms with Crippen LogP contribution in [-0.2, 0) is 14.3 Å². The molecule has 8 heteroatoms. The molecule has 2 amide bonds. The van der Waals surface area contributed by atoms with Crippen molar-refractivity contribution in [2.75, 3.05) is 6.54 Å². The van der Waals surface area contributed by atoms with E-state index >= 15 is 0 Å². The predicted molar refractivity (Wildman–Crippen MR) is 65.8 cm³/mol. The second-order valence-corrected chi connectivity index (χ2v) is 4.58. The van der Waals surface area contributed by atoms with Gasteiger partial charge in [0.25, 0.3) is 0 Å². The number of urea groups is 1. The lowest BCUT2D eigenvalue weighted by Crippen LogP contribution is -2.40. The largest absolute Gasteiger partial charge is 0.348 e. The van der Waals surface area contributed by atoms with E-state index in [2.05, 4.69) is 15.6 Å². The topological polar surface area (TPSA) is 123 Å². The normalized spacial score (nSPS) is 31.7. The quantitative estimate of drug-likeness (QED) is 0.495. The molecule has 104 valence electrons. The molecule has 0 spiro atoms. The molecule has 2 aliphatic heterocycles. The Hall–Kier alpha value is -1.64. The first-order chi connectivity index (χ1) is 9.12. The summed E-state index contributed by atoms with van der Waals surface area (Å²) >= 11 is 0. The van der Waals surface area contributed by atoms with Crippen molar-refractivity contribution in [3.05, 3.63) is 0 Å². The van der Waals surface area contributed by atoms with Gasteiger partial charge >= 0.3 is 6.03 Å². The Morgan fingerprint density at radius 3 is 2.95 bits per heavy atom. The van der Waals surface area contributed by atoms with Gasteiger partial charge in [0.15, 0.2) is 6.23 Å². The van der Waals surface area contributed by atoms with E-state index in [1.807, 2.05) is 0 Å². The molecule has 4 N–H and O–H groups in total. The fourth-order valence-electron chi connectivity index (χ4n) is 2.10. The molecule has 4 atom stereocenters. The molecular weight excluding hydrogens is 252 g/mol. The van der Waals surface area contributed by atoms with Gasteiger partial charge in [-0.05, 0) is 6.42 Å². The van der Waals surface area contributed by atoms with Crippen LogP contribution in [0.1, 0.15) is 12.8 Å². The van der Waals surface area contributed by atoms with E-state index in [0.29, 0.717) is 25.0 Å². The van der Waals surface area contributed by atoms with Crippen LogP contribution >= 0.6 is 0 Å². The molecule has 0 radical (unpaired) electrons. The summed E-state index contributed by atoms with van der Waals surface area (Å²) in [4.78, 5) is 36.2. The first-order valence-electron chi connectivity index (χ1n) is 6.05. The van der Waals surface area contributed by atoms with Crippen LogP contribution < -0.4 is 16.4 Å². The van der Waals surface area contributed by atoms with E-state index in [1.54, 1.807) is 0 Å². The third-order valence-corrected chi connectivity index (χ3v) is 3.04. The third-order valence-electron chi connectivity index (χ3n) is 3.04. The van der Waals surface area contributed by atoms with Crippen LogP contribution in [-0.4, -0.2) is 55.3 Å². The first kappa shape index (κ1) is 13.8. The van der Waals surface area contributed by atoms with Gasteiger partial charge in [-0.15, -0.1) is 0 Å². The van der Waals surface area contributed by atoms with Crippen molar-refractivity contribution in [2.45, 2.75) is 37.3 Å². The van der Waals surface area contributed by atoms with Crippen molar-refractivity contribution < 1.29 is 19.1 Å². The molecule has 1 saturated heterocycles. The Bertz CT molecular complexity index is 411. The van der Waals surface area contributed by atoms with E-state index in [1.165, 1.54) is 0 Å². The van der Waals surface area contributed by atoms with E-state index in [0.717, 1.165) is 6.29 Å². The average Bonchev–Trinajstić information content (AvgIpc) is 2.97. The minimum Gasteiger partial charge on any atom is -0.348 e. The second-order valence-electron chi connectivity index (χ2n) is 4.58. The fraction of sp³-hybridized carbons (Fsp3) is 0.636. The highest BCUT2D eigenvalue weighted by atomic mass is 16.5. The standard InChI is InChI=1S/C11H16N4O4/c12-6(4-16)1-9-10(15-11(18)14-9)19-8-2-7(5-17)13-3-8/h4-8,10,13H,1-3,12H2,(H,15,18). The van der Waals surface area contributed by atoms with E-state index in [-0.39, 0.29) is 18.6 Å². The number of nitrogens with two attached hydrogens (primary N) is 1. The van der Waals surface area contributed by atoms with E-state index in [4.69, 9.17) is 10.5 Å². The Labute approximate surface area is 109 Å². The van der Waals surface area contributed by atoms with Crippen LogP contribution in [0.2, 0.25) is 0 Å². The number of nitrogens with zero attached hydrogens (tertiary/aromatic N) is 1. The zero-order chi connectivity index (χ0) is 13.8. The summed E-state index contributed by atoms with van der Waals surface area (Å²) in [7, 11) is 0. The van der Waals surface area contributed by atoms with Crippen molar-refractivity contribution in [1.82, 2.24) is 10.6 Å². The SMILES string of the molecule is NC(C=O)CC1=NC(=O)NC1OC1CNC(C=O)C1. The summed E-state index contributed by atoms with van der Waals surface area (Å²) < 4.78 is 5.68. The molecule has 4 unspecified atom stereocenters. The number of aldehydes is 2. The van der Waals surface area contributed by atoms with Gasteiger partial charge in [0, 0.05) is 13.0 Å². The Kier molecular flexibility index (Phi) is 4.35. The zero-order valence-corrected chi connectivity index (χ0v) is 10.2. The smallest absolute Gasteiger partial charge is 0.343 e. The summed E-state index contributed by atoms with van der Waals surface area (Å²) in [6, 6.07) is -1.43. The highest BCUT2D eigenvalue weighted by Crippen LogP contribution is 2.15. The Morgan fingerprint density at radius 1 is 1.53 bits per heavy atom. The lowest BCUT2D eigenvalue weighted by molar-refractivity contribution is -0.110. The molecule has 0 saturated carbocycles. The summed E-state index contributed by atoms with van der Waals surface area (Å²) in [5.41, 5.74) is 5.93. The van der Waals surface area contributed by atoms with Gasteiger partial charge in [0.2, 0.25) is 0 Å². The van der Waals surface area contributed by atoms with Gasteiger partial charge < -0.3 is 30.7 Å². The molecule has 8 nitrogen and oxygen atoms in total. The highest BCUT2D eigenvalue weighted by Gasteiger charge is 2.33.